The Morgan fingerprint density at radius 2 is 1.94 bits per heavy atom. The number of aromatic nitrogens is 2. The topological polar surface area (TPSA) is 63.8 Å². The first-order valence-corrected chi connectivity index (χ1v) is 5.87. The molecule has 0 fully saturated rings. The molecule has 1 rings (SSSR count). The van der Waals surface area contributed by atoms with E-state index < -0.39 is 0 Å². The molecule has 0 saturated carbocycles. The zero-order chi connectivity index (χ0) is 12.1. The van der Waals surface area contributed by atoms with Crippen molar-refractivity contribution < 1.29 is 0 Å². The average Bonchev–Trinajstić information content (AvgIpc) is 2.25. The Kier molecular flexibility index (Phi) is 4.68. The summed E-state index contributed by atoms with van der Waals surface area (Å²) >= 11 is 0. The molecule has 0 radical (unpaired) electrons. The Balaban J connectivity index is 2.99. The molecule has 0 bridgehead atoms. The standard InChI is InChI=1S/C12H22N4/c1-8(2)11-10(14-6-5-13)7-15-12(16-11)9(3)4/h7-9,14H,5-6,13H2,1-4H3. The van der Waals surface area contributed by atoms with Crippen LogP contribution in [0.4, 0.5) is 5.69 Å². The van der Waals surface area contributed by atoms with E-state index in [9.17, 15) is 0 Å². The summed E-state index contributed by atoms with van der Waals surface area (Å²) in [7, 11) is 0. The maximum Gasteiger partial charge on any atom is 0.131 e. The van der Waals surface area contributed by atoms with E-state index >= 15 is 0 Å². The Morgan fingerprint density at radius 3 is 2.44 bits per heavy atom. The van der Waals surface area contributed by atoms with E-state index in [1.165, 1.54) is 0 Å². The quantitative estimate of drug-likeness (QED) is 0.800. The lowest BCUT2D eigenvalue weighted by Gasteiger charge is -2.15. The summed E-state index contributed by atoms with van der Waals surface area (Å²) in [5.74, 6) is 1.66. The smallest absolute Gasteiger partial charge is 0.131 e. The molecule has 0 aromatic carbocycles. The molecular formula is C12H22N4. The molecule has 1 aromatic heterocycles. The highest BCUT2D eigenvalue weighted by Gasteiger charge is 2.11. The van der Waals surface area contributed by atoms with Crippen molar-refractivity contribution in [1.29, 1.82) is 0 Å². The van der Waals surface area contributed by atoms with Crippen molar-refractivity contribution >= 4 is 5.69 Å². The fraction of sp³-hybridized carbons (Fsp3) is 0.667. The predicted octanol–water partition coefficient (Wildman–Crippen LogP) is 2.09. The maximum absolute atomic E-state index is 5.48. The lowest BCUT2D eigenvalue weighted by Crippen LogP contribution is -2.16. The summed E-state index contributed by atoms with van der Waals surface area (Å²) in [4.78, 5) is 8.97. The van der Waals surface area contributed by atoms with Gasteiger partial charge in [-0.1, -0.05) is 27.7 Å². The highest BCUT2D eigenvalue weighted by Crippen LogP contribution is 2.22. The molecule has 0 atom stereocenters. The molecule has 0 aliphatic heterocycles. The van der Waals surface area contributed by atoms with Crippen molar-refractivity contribution in [2.24, 2.45) is 5.73 Å². The number of hydrogen-bond donors (Lipinski definition) is 2. The molecule has 3 N–H and O–H groups in total. The Bertz CT molecular complexity index is 334. The largest absolute Gasteiger partial charge is 0.381 e. The van der Waals surface area contributed by atoms with Crippen LogP contribution in [0, 0.1) is 0 Å². The van der Waals surface area contributed by atoms with Gasteiger partial charge in [0.05, 0.1) is 17.6 Å². The van der Waals surface area contributed by atoms with Gasteiger partial charge in [-0.2, -0.15) is 0 Å². The molecule has 0 aliphatic carbocycles. The molecule has 16 heavy (non-hydrogen) atoms. The lowest BCUT2D eigenvalue weighted by molar-refractivity contribution is 0.730. The second-order valence-corrected chi connectivity index (χ2v) is 4.55. The molecular weight excluding hydrogens is 200 g/mol. The van der Waals surface area contributed by atoms with Crippen LogP contribution in [0.25, 0.3) is 0 Å². The molecule has 0 saturated heterocycles. The summed E-state index contributed by atoms with van der Waals surface area (Å²) in [6, 6.07) is 0. The number of hydrogen-bond acceptors (Lipinski definition) is 4. The lowest BCUT2D eigenvalue weighted by atomic mass is 10.1. The fourth-order valence-corrected chi connectivity index (χ4v) is 1.47. The Hall–Kier alpha value is -1.16. The van der Waals surface area contributed by atoms with E-state index in [2.05, 4.69) is 43.0 Å². The zero-order valence-electron chi connectivity index (χ0n) is 10.6. The summed E-state index contributed by atoms with van der Waals surface area (Å²) in [6.07, 6.45) is 1.87. The van der Waals surface area contributed by atoms with Gasteiger partial charge in [0.15, 0.2) is 0 Å². The van der Waals surface area contributed by atoms with Crippen molar-refractivity contribution in [3.63, 3.8) is 0 Å². The van der Waals surface area contributed by atoms with Gasteiger partial charge in [-0.25, -0.2) is 9.97 Å². The van der Waals surface area contributed by atoms with Crippen LogP contribution in [-0.2, 0) is 0 Å². The van der Waals surface area contributed by atoms with Gasteiger partial charge in [0, 0.05) is 19.0 Å². The highest BCUT2D eigenvalue weighted by atomic mass is 15.0. The first kappa shape index (κ1) is 12.9. The summed E-state index contributed by atoms with van der Waals surface area (Å²) in [6.45, 7) is 9.85. The SMILES string of the molecule is CC(C)c1ncc(NCCN)c(C(C)C)n1. The molecule has 0 spiro atoms. The second-order valence-electron chi connectivity index (χ2n) is 4.55. The average molecular weight is 222 g/mol. The van der Waals surface area contributed by atoms with Crippen molar-refractivity contribution in [3.8, 4) is 0 Å². The van der Waals surface area contributed by atoms with E-state index in [0.29, 0.717) is 18.4 Å². The number of anilines is 1. The van der Waals surface area contributed by atoms with Gasteiger partial charge in [-0.15, -0.1) is 0 Å². The molecule has 0 amide bonds. The van der Waals surface area contributed by atoms with Gasteiger partial charge in [0.1, 0.15) is 5.82 Å². The maximum atomic E-state index is 5.48. The number of rotatable bonds is 5. The van der Waals surface area contributed by atoms with Crippen molar-refractivity contribution in [1.82, 2.24) is 9.97 Å². The predicted molar refractivity (Wildman–Crippen MR) is 67.8 cm³/mol. The third-order valence-corrected chi connectivity index (χ3v) is 2.36. The third kappa shape index (κ3) is 3.17. The van der Waals surface area contributed by atoms with Gasteiger partial charge in [-0.3, -0.25) is 0 Å². The van der Waals surface area contributed by atoms with Gasteiger partial charge in [-0.05, 0) is 5.92 Å². The molecule has 0 aliphatic rings. The van der Waals surface area contributed by atoms with Crippen LogP contribution in [0.15, 0.2) is 6.20 Å². The molecule has 90 valence electrons. The monoisotopic (exact) mass is 222 g/mol. The van der Waals surface area contributed by atoms with Crippen LogP contribution in [0.5, 0.6) is 0 Å². The molecule has 1 aromatic rings. The minimum absolute atomic E-state index is 0.362. The molecule has 4 nitrogen and oxygen atoms in total. The first-order chi connectivity index (χ1) is 7.56. The van der Waals surface area contributed by atoms with Crippen molar-refractivity contribution in [3.05, 3.63) is 17.7 Å². The molecule has 1 heterocycles. The number of nitrogens with one attached hydrogen (secondary N) is 1. The van der Waals surface area contributed by atoms with E-state index in [4.69, 9.17) is 5.73 Å². The number of nitrogens with zero attached hydrogens (tertiary/aromatic N) is 2. The number of nitrogens with two attached hydrogens (primary N) is 1. The minimum atomic E-state index is 0.362. The van der Waals surface area contributed by atoms with Crippen LogP contribution >= 0.6 is 0 Å². The van der Waals surface area contributed by atoms with Crippen LogP contribution < -0.4 is 11.1 Å². The van der Waals surface area contributed by atoms with Gasteiger partial charge in [0.2, 0.25) is 0 Å². The molecule has 0 unspecified atom stereocenters. The van der Waals surface area contributed by atoms with Gasteiger partial charge >= 0.3 is 0 Å². The Morgan fingerprint density at radius 1 is 1.25 bits per heavy atom. The van der Waals surface area contributed by atoms with E-state index in [0.717, 1.165) is 23.8 Å². The van der Waals surface area contributed by atoms with Gasteiger partial charge < -0.3 is 11.1 Å². The van der Waals surface area contributed by atoms with E-state index in [1.54, 1.807) is 0 Å². The third-order valence-electron chi connectivity index (χ3n) is 2.36. The Labute approximate surface area is 97.7 Å². The first-order valence-electron chi connectivity index (χ1n) is 5.87. The molecule has 4 heteroatoms. The summed E-state index contributed by atoms with van der Waals surface area (Å²) in [5, 5.41) is 3.26. The van der Waals surface area contributed by atoms with E-state index in [-0.39, 0.29) is 0 Å². The zero-order valence-corrected chi connectivity index (χ0v) is 10.6. The van der Waals surface area contributed by atoms with Crippen LogP contribution in [0.3, 0.4) is 0 Å². The normalized spacial score (nSPS) is 11.2. The van der Waals surface area contributed by atoms with Crippen molar-refractivity contribution in [2.75, 3.05) is 18.4 Å². The summed E-state index contributed by atoms with van der Waals surface area (Å²) < 4.78 is 0. The minimum Gasteiger partial charge on any atom is -0.381 e. The van der Waals surface area contributed by atoms with Crippen LogP contribution in [-0.4, -0.2) is 23.1 Å². The second kappa shape index (κ2) is 5.80. The fourth-order valence-electron chi connectivity index (χ4n) is 1.47. The van der Waals surface area contributed by atoms with Crippen LogP contribution in [0.1, 0.15) is 51.0 Å². The van der Waals surface area contributed by atoms with Gasteiger partial charge in [0.25, 0.3) is 0 Å². The highest BCUT2D eigenvalue weighted by molar-refractivity contribution is 5.47. The van der Waals surface area contributed by atoms with Crippen molar-refractivity contribution in [2.45, 2.75) is 39.5 Å². The summed E-state index contributed by atoms with van der Waals surface area (Å²) in [5.41, 5.74) is 7.56. The van der Waals surface area contributed by atoms with Crippen LogP contribution in [0.2, 0.25) is 0 Å². The van der Waals surface area contributed by atoms with E-state index in [1.807, 2.05) is 6.20 Å².